The van der Waals surface area contributed by atoms with E-state index in [-0.39, 0.29) is 11.3 Å². The molecule has 0 N–H and O–H groups in total. The molecule has 0 spiro atoms. The van der Waals surface area contributed by atoms with Gasteiger partial charge in [-0.05, 0) is 35.0 Å². The summed E-state index contributed by atoms with van der Waals surface area (Å²) in [4.78, 5) is 10.9. The molecule has 0 fully saturated rings. The van der Waals surface area contributed by atoms with Crippen molar-refractivity contribution in [2.45, 2.75) is 19.6 Å². The Morgan fingerprint density at radius 1 is 1.40 bits per heavy atom. The maximum Gasteiger partial charge on any atom is 0.422 e. The third-order valence-electron chi connectivity index (χ3n) is 2.79. The first kappa shape index (κ1) is 14.9. The fourth-order valence-electron chi connectivity index (χ4n) is 1.96. The molecule has 1 heterocycles. The van der Waals surface area contributed by atoms with Crippen molar-refractivity contribution in [1.29, 1.82) is 0 Å². The number of aldehydes is 1. The topological polar surface area (TPSA) is 31.2 Å². The molecule has 0 atom stereocenters. The van der Waals surface area contributed by atoms with E-state index in [1.54, 1.807) is 12.3 Å². The molecule has 2 aromatic rings. The van der Waals surface area contributed by atoms with E-state index in [0.29, 0.717) is 28.2 Å². The highest BCUT2D eigenvalue weighted by atomic mass is 79.9. The quantitative estimate of drug-likeness (QED) is 0.775. The predicted octanol–water partition coefficient (Wildman–Crippen LogP) is 4.18. The largest absolute Gasteiger partial charge is 0.483 e. The second-order valence-corrected chi connectivity index (χ2v) is 5.05. The van der Waals surface area contributed by atoms with Gasteiger partial charge in [0.1, 0.15) is 12.0 Å². The highest BCUT2D eigenvalue weighted by Gasteiger charge is 2.29. The smallest absolute Gasteiger partial charge is 0.422 e. The first-order valence-electron chi connectivity index (χ1n) is 5.83. The molecule has 3 nitrogen and oxygen atoms in total. The van der Waals surface area contributed by atoms with Crippen molar-refractivity contribution >= 4 is 33.1 Å². The zero-order chi connectivity index (χ0) is 14.9. The molecule has 0 aliphatic rings. The maximum atomic E-state index is 12.3. The van der Waals surface area contributed by atoms with Crippen LogP contribution in [0.4, 0.5) is 13.2 Å². The van der Waals surface area contributed by atoms with Crippen molar-refractivity contribution in [2.24, 2.45) is 0 Å². The van der Waals surface area contributed by atoms with Gasteiger partial charge in [-0.15, -0.1) is 0 Å². The van der Waals surface area contributed by atoms with E-state index in [0.717, 1.165) is 0 Å². The summed E-state index contributed by atoms with van der Waals surface area (Å²) >= 11 is 3.31. The highest BCUT2D eigenvalue weighted by molar-refractivity contribution is 9.10. The van der Waals surface area contributed by atoms with E-state index in [1.807, 2.05) is 11.5 Å². The molecule has 1 aromatic heterocycles. The van der Waals surface area contributed by atoms with Crippen LogP contribution in [-0.2, 0) is 6.54 Å². The van der Waals surface area contributed by atoms with Crippen LogP contribution < -0.4 is 4.74 Å². The minimum absolute atomic E-state index is 0.0426. The number of hydrogen-bond acceptors (Lipinski definition) is 2. The monoisotopic (exact) mass is 349 g/mol. The van der Waals surface area contributed by atoms with Gasteiger partial charge in [0.05, 0.1) is 10.9 Å². The second kappa shape index (κ2) is 5.47. The molecular formula is C13H11BrF3NO2. The lowest BCUT2D eigenvalue weighted by Crippen LogP contribution is -2.19. The molecule has 0 radical (unpaired) electrons. The molecule has 7 heteroatoms. The van der Waals surface area contributed by atoms with E-state index in [4.69, 9.17) is 4.74 Å². The molecule has 0 saturated carbocycles. The van der Waals surface area contributed by atoms with E-state index >= 15 is 0 Å². The number of aryl methyl sites for hydroxylation is 1. The number of benzene rings is 1. The summed E-state index contributed by atoms with van der Waals surface area (Å²) in [5, 5.41) is 0.529. The third kappa shape index (κ3) is 2.98. The third-order valence-corrected chi connectivity index (χ3v) is 3.39. The Balaban J connectivity index is 2.56. The van der Waals surface area contributed by atoms with Crippen LogP contribution >= 0.6 is 15.9 Å². The lowest BCUT2D eigenvalue weighted by molar-refractivity contribution is -0.153. The Morgan fingerprint density at radius 2 is 2.10 bits per heavy atom. The molecule has 2 rings (SSSR count). The van der Waals surface area contributed by atoms with Gasteiger partial charge in [-0.3, -0.25) is 4.79 Å². The summed E-state index contributed by atoms with van der Waals surface area (Å²) in [5.41, 5.74) is 0.927. The van der Waals surface area contributed by atoms with E-state index in [1.165, 1.54) is 6.07 Å². The minimum Gasteiger partial charge on any atom is -0.483 e. The number of hydrogen-bond donors (Lipinski definition) is 0. The number of fused-ring (bicyclic) bond motifs is 1. The van der Waals surface area contributed by atoms with Gasteiger partial charge in [-0.25, -0.2) is 0 Å². The van der Waals surface area contributed by atoms with Crippen LogP contribution in [0, 0.1) is 0 Å². The lowest BCUT2D eigenvalue weighted by atomic mass is 10.1. The number of carbonyl (C=O) groups is 1. The van der Waals surface area contributed by atoms with Gasteiger partial charge in [0.2, 0.25) is 0 Å². The maximum absolute atomic E-state index is 12.3. The van der Waals surface area contributed by atoms with Gasteiger partial charge in [-0.1, -0.05) is 0 Å². The Kier molecular flexibility index (Phi) is 4.08. The summed E-state index contributed by atoms with van der Waals surface area (Å²) in [5.74, 6) is 0.0426. The number of halogens is 4. The van der Waals surface area contributed by atoms with Crippen LogP contribution in [0.1, 0.15) is 17.3 Å². The minimum atomic E-state index is -4.43. The molecule has 0 aliphatic heterocycles. The molecule has 1 aromatic carbocycles. The van der Waals surface area contributed by atoms with Crippen molar-refractivity contribution in [2.75, 3.05) is 6.61 Å². The first-order chi connectivity index (χ1) is 9.35. The molecule has 0 amide bonds. The second-order valence-electron chi connectivity index (χ2n) is 4.20. The molecule has 0 saturated heterocycles. The number of ether oxygens (including phenoxy) is 1. The normalized spacial score (nSPS) is 11.8. The predicted molar refractivity (Wildman–Crippen MR) is 72.2 cm³/mol. The number of carbonyl (C=O) groups excluding carboxylic acids is 1. The van der Waals surface area contributed by atoms with Crippen molar-refractivity contribution < 1.29 is 22.7 Å². The van der Waals surface area contributed by atoms with Gasteiger partial charge in [0, 0.05) is 22.8 Å². The standard InChI is InChI=1S/C13H11BrF3NO2/c1-2-18-5-9(14)12-10(18)3-8(6-19)4-11(12)20-7-13(15,16)17/h3-6H,2,7H2,1H3. The Hall–Kier alpha value is -1.50. The lowest BCUT2D eigenvalue weighted by Gasteiger charge is -2.11. The summed E-state index contributed by atoms with van der Waals surface area (Å²) in [6.45, 7) is 1.13. The Bertz CT molecular complexity index is 649. The number of nitrogens with zero attached hydrogens (tertiary/aromatic N) is 1. The molecule has 0 bridgehead atoms. The van der Waals surface area contributed by atoms with Crippen LogP contribution in [0.5, 0.6) is 5.75 Å². The summed E-state index contributed by atoms with van der Waals surface area (Å²) in [7, 11) is 0. The number of alkyl halides is 3. The van der Waals surface area contributed by atoms with Gasteiger partial charge in [0.25, 0.3) is 0 Å². The molecular weight excluding hydrogens is 339 g/mol. The Labute approximate surface area is 121 Å². The zero-order valence-electron chi connectivity index (χ0n) is 10.5. The van der Waals surface area contributed by atoms with Gasteiger partial charge < -0.3 is 9.30 Å². The SMILES string of the molecule is CCn1cc(Br)c2c(OCC(F)(F)F)cc(C=O)cc21. The van der Waals surface area contributed by atoms with Crippen LogP contribution in [0.3, 0.4) is 0 Å². The highest BCUT2D eigenvalue weighted by Crippen LogP contribution is 2.36. The van der Waals surface area contributed by atoms with Crippen LogP contribution in [0.25, 0.3) is 10.9 Å². The average Bonchev–Trinajstić information content (AvgIpc) is 2.71. The van der Waals surface area contributed by atoms with Crippen molar-refractivity contribution in [3.8, 4) is 5.75 Å². The number of aromatic nitrogens is 1. The molecule has 108 valence electrons. The van der Waals surface area contributed by atoms with Gasteiger partial charge in [-0.2, -0.15) is 13.2 Å². The Morgan fingerprint density at radius 3 is 2.65 bits per heavy atom. The van der Waals surface area contributed by atoms with Crippen LogP contribution in [0.2, 0.25) is 0 Å². The molecule has 20 heavy (non-hydrogen) atoms. The first-order valence-corrected chi connectivity index (χ1v) is 6.62. The van der Waals surface area contributed by atoms with E-state index in [9.17, 15) is 18.0 Å². The van der Waals surface area contributed by atoms with E-state index < -0.39 is 12.8 Å². The van der Waals surface area contributed by atoms with Crippen molar-refractivity contribution in [3.05, 3.63) is 28.4 Å². The fraction of sp³-hybridized carbons (Fsp3) is 0.308. The summed E-state index contributed by atoms with van der Waals surface area (Å²) < 4.78 is 44.1. The zero-order valence-corrected chi connectivity index (χ0v) is 12.1. The van der Waals surface area contributed by atoms with Gasteiger partial charge >= 0.3 is 6.18 Å². The van der Waals surface area contributed by atoms with Crippen LogP contribution in [0.15, 0.2) is 22.8 Å². The summed E-state index contributed by atoms with van der Waals surface area (Å²) in [6.07, 6.45) is -2.09. The summed E-state index contributed by atoms with van der Waals surface area (Å²) in [6, 6.07) is 2.93. The van der Waals surface area contributed by atoms with E-state index in [2.05, 4.69) is 15.9 Å². The van der Waals surface area contributed by atoms with Gasteiger partial charge in [0.15, 0.2) is 6.61 Å². The molecule has 0 aliphatic carbocycles. The van der Waals surface area contributed by atoms with Crippen molar-refractivity contribution in [3.63, 3.8) is 0 Å². The average molecular weight is 350 g/mol. The van der Waals surface area contributed by atoms with Crippen molar-refractivity contribution in [1.82, 2.24) is 4.57 Å². The number of rotatable bonds is 4. The fourth-order valence-corrected chi connectivity index (χ4v) is 2.61. The van der Waals surface area contributed by atoms with Crippen LogP contribution in [-0.4, -0.2) is 23.6 Å². The molecule has 0 unspecified atom stereocenters.